The highest BCUT2D eigenvalue weighted by molar-refractivity contribution is 7.89. The molecule has 0 saturated carbocycles. The van der Waals surface area contributed by atoms with Crippen LogP contribution in [0.3, 0.4) is 0 Å². The first-order valence-corrected chi connectivity index (χ1v) is 7.74. The van der Waals surface area contributed by atoms with Crippen LogP contribution in [-0.2, 0) is 28.0 Å². The SMILES string of the molecule is CC[C@H](C)[C@H](NS(=O)(=O)c1cn(C)nc1C(F)(F)F)C(=O)O. The number of carbonyl (C=O) groups is 1. The zero-order valence-corrected chi connectivity index (χ0v) is 12.9. The van der Waals surface area contributed by atoms with E-state index >= 15 is 0 Å². The molecule has 0 aliphatic heterocycles. The molecule has 0 aromatic carbocycles. The first-order valence-electron chi connectivity index (χ1n) is 6.26. The minimum absolute atomic E-state index is 0.332. The molecule has 126 valence electrons. The van der Waals surface area contributed by atoms with Crippen molar-refractivity contribution in [2.75, 3.05) is 0 Å². The number of rotatable bonds is 6. The molecule has 11 heteroatoms. The van der Waals surface area contributed by atoms with Gasteiger partial charge in [0, 0.05) is 13.2 Å². The Kier molecular flexibility index (Phi) is 5.23. The zero-order valence-electron chi connectivity index (χ0n) is 12.0. The van der Waals surface area contributed by atoms with E-state index in [2.05, 4.69) is 5.10 Å². The third kappa shape index (κ3) is 3.97. The van der Waals surface area contributed by atoms with Crippen LogP contribution in [0, 0.1) is 5.92 Å². The minimum atomic E-state index is -4.97. The van der Waals surface area contributed by atoms with Crippen molar-refractivity contribution in [2.24, 2.45) is 13.0 Å². The zero-order chi connectivity index (χ0) is 17.3. The number of halogens is 3. The van der Waals surface area contributed by atoms with E-state index in [1.165, 1.54) is 6.92 Å². The summed E-state index contributed by atoms with van der Waals surface area (Å²) in [5.41, 5.74) is -1.59. The van der Waals surface area contributed by atoms with Gasteiger partial charge in [-0.2, -0.15) is 23.0 Å². The van der Waals surface area contributed by atoms with E-state index in [0.29, 0.717) is 17.3 Å². The van der Waals surface area contributed by atoms with Gasteiger partial charge < -0.3 is 5.11 Å². The first kappa shape index (κ1) is 18.4. The Morgan fingerprint density at radius 3 is 2.45 bits per heavy atom. The predicted octanol–water partition coefficient (Wildman–Crippen LogP) is 1.22. The molecule has 0 radical (unpaired) electrons. The average Bonchev–Trinajstić information content (AvgIpc) is 2.78. The molecule has 22 heavy (non-hydrogen) atoms. The summed E-state index contributed by atoms with van der Waals surface area (Å²) in [7, 11) is -3.55. The molecule has 1 heterocycles. The van der Waals surface area contributed by atoms with Gasteiger partial charge in [-0.25, -0.2) is 8.42 Å². The largest absolute Gasteiger partial charge is 0.480 e. The van der Waals surface area contributed by atoms with Crippen LogP contribution in [0.1, 0.15) is 26.0 Å². The summed E-state index contributed by atoms with van der Waals surface area (Å²) in [5, 5.41) is 12.1. The van der Waals surface area contributed by atoms with Gasteiger partial charge in [-0.3, -0.25) is 9.48 Å². The molecule has 2 atom stereocenters. The molecule has 0 aliphatic rings. The van der Waals surface area contributed by atoms with Crippen LogP contribution < -0.4 is 4.72 Å². The van der Waals surface area contributed by atoms with Gasteiger partial charge in [0.1, 0.15) is 10.9 Å². The van der Waals surface area contributed by atoms with Gasteiger partial charge in [-0.05, 0) is 5.92 Å². The number of hydrogen-bond acceptors (Lipinski definition) is 4. The highest BCUT2D eigenvalue weighted by Crippen LogP contribution is 2.32. The molecule has 1 aromatic rings. The summed E-state index contributed by atoms with van der Waals surface area (Å²) in [5.74, 6) is -2.06. The molecule has 0 bridgehead atoms. The second kappa shape index (κ2) is 6.24. The van der Waals surface area contributed by atoms with Crippen molar-refractivity contribution in [1.29, 1.82) is 0 Å². The molecule has 0 unspecified atom stereocenters. The van der Waals surface area contributed by atoms with E-state index in [1.807, 2.05) is 0 Å². The highest BCUT2D eigenvalue weighted by Gasteiger charge is 2.42. The Morgan fingerprint density at radius 2 is 2.05 bits per heavy atom. The maximum absolute atomic E-state index is 12.8. The Labute approximate surface area is 125 Å². The molecule has 0 amide bonds. The smallest absolute Gasteiger partial charge is 0.436 e. The number of alkyl halides is 3. The van der Waals surface area contributed by atoms with Gasteiger partial charge in [0.05, 0.1) is 0 Å². The fourth-order valence-electron chi connectivity index (χ4n) is 1.74. The van der Waals surface area contributed by atoms with Crippen LogP contribution in [0.15, 0.2) is 11.1 Å². The molecule has 7 nitrogen and oxygen atoms in total. The number of carboxylic acid groups (broad SMARTS) is 1. The van der Waals surface area contributed by atoms with E-state index in [4.69, 9.17) is 5.11 Å². The van der Waals surface area contributed by atoms with Gasteiger partial charge in [0.2, 0.25) is 10.0 Å². The quantitative estimate of drug-likeness (QED) is 0.809. The Balaban J connectivity index is 3.28. The number of nitrogens with zero attached hydrogens (tertiary/aromatic N) is 2. The molecular weight excluding hydrogens is 327 g/mol. The minimum Gasteiger partial charge on any atom is -0.480 e. The van der Waals surface area contributed by atoms with Gasteiger partial charge in [-0.1, -0.05) is 20.3 Å². The fourth-order valence-corrected chi connectivity index (χ4v) is 3.23. The number of carboxylic acids is 1. The Morgan fingerprint density at radius 1 is 1.50 bits per heavy atom. The van der Waals surface area contributed by atoms with E-state index < -0.39 is 44.7 Å². The molecule has 0 aliphatic carbocycles. The molecule has 1 aromatic heterocycles. The number of aryl methyl sites for hydroxylation is 1. The van der Waals surface area contributed by atoms with E-state index in [9.17, 15) is 26.4 Å². The van der Waals surface area contributed by atoms with Crippen LogP contribution in [0.2, 0.25) is 0 Å². The van der Waals surface area contributed by atoms with E-state index in [0.717, 1.165) is 7.05 Å². The summed E-state index contributed by atoms with van der Waals surface area (Å²) in [6.45, 7) is 3.12. The second-order valence-corrected chi connectivity index (χ2v) is 6.52. The van der Waals surface area contributed by atoms with Crippen molar-refractivity contribution in [3.8, 4) is 0 Å². The van der Waals surface area contributed by atoms with E-state index in [1.54, 1.807) is 11.6 Å². The maximum Gasteiger partial charge on any atom is 0.436 e. The van der Waals surface area contributed by atoms with Gasteiger partial charge in [-0.15, -0.1) is 0 Å². The van der Waals surface area contributed by atoms with Crippen molar-refractivity contribution < 1.29 is 31.5 Å². The van der Waals surface area contributed by atoms with Crippen LogP contribution in [0.5, 0.6) is 0 Å². The van der Waals surface area contributed by atoms with Crippen LogP contribution in [0.4, 0.5) is 13.2 Å². The lowest BCUT2D eigenvalue weighted by molar-refractivity contribution is -0.143. The topological polar surface area (TPSA) is 101 Å². The molecule has 0 saturated heterocycles. The Hall–Kier alpha value is -1.62. The lowest BCUT2D eigenvalue weighted by Gasteiger charge is -2.20. The predicted molar refractivity (Wildman–Crippen MR) is 69.4 cm³/mol. The molecular formula is C11H16F3N3O4S. The number of hydrogen-bond donors (Lipinski definition) is 2. The monoisotopic (exact) mass is 343 g/mol. The normalized spacial score (nSPS) is 15.5. The van der Waals surface area contributed by atoms with Crippen LogP contribution in [0.25, 0.3) is 0 Å². The molecule has 1 rings (SSSR count). The van der Waals surface area contributed by atoms with Gasteiger partial charge in [0.15, 0.2) is 5.69 Å². The van der Waals surface area contributed by atoms with Crippen LogP contribution in [-0.4, -0.2) is 35.3 Å². The summed E-state index contributed by atoms with van der Waals surface area (Å²) >= 11 is 0. The molecule has 2 N–H and O–H groups in total. The van der Waals surface area contributed by atoms with Gasteiger partial charge in [0.25, 0.3) is 0 Å². The summed E-state index contributed by atoms with van der Waals surface area (Å²) in [6.07, 6.45) is -3.96. The average molecular weight is 343 g/mol. The Bertz CT molecular complexity index is 654. The van der Waals surface area contributed by atoms with Crippen molar-refractivity contribution in [3.63, 3.8) is 0 Å². The fraction of sp³-hybridized carbons (Fsp3) is 0.636. The highest BCUT2D eigenvalue weighted by atomic mass is 32.2. The first-order chi connectivity index (χ1) is 9.90. The second-order valence-electron chi connectivity index (χ2n) is 4.84. The van der Waals surface area contributed by atoms with E-state index in [-0.39, 0.29) is 0 Å². The lowest BCUT2D eigenvalue weighted by Crippen LogP contribution is -2.45. The van der Waals surface area contributed by atoms with Crippen molar-refractivity contribution in [3.05, 3.63) is 11.9 Å². The third-order valence-electron chi connectivity index (χ3n) is 3.11. The van der Waals surface area contributed by atoms with Crippen molar-refractivity contribution in [2.45, 2.75) is 37.4 Å². The molecule has 0 fully saturated rings. The van der Waals surface area contributed by atoms with Crippen LogP contribution >= 0.6 is 0 Å². The van der Waals surface area contributed by atoms with Crippen molar-refractivity contribution in [1.82, 2.24) is 14.5 Å². The third-order valence-corrected chi connectivity index (χ3v) is 4.56. The summed E-state index contributed by atoms with van der Waals surface area (Å²) in [6, 6.07) is -1.53. The number of nitrogens with one attached hydrogen (secondary N) is 1. The summed E-state index contributed by atoms with van der Waals surface area (Å²) in [4.78, 5) is 10.0. The number of aliphatic carboxylic acids is 1. The van der Waals surface area contributed by atoms with Crippen molar-refractivity contribution >= 4 is 16.0 Å². The maximum atomic E-state index is 12.8. The standard InChI is InChI=1S/C11H16F3N3O4S/c1-4-6(2)8(10(18)19)16-22(20,21)7-5-17(3)15-9(7)11(12,13)14/h5-6,8,16H,4H2,1-3H3,(H,18,19)/t6-,8-/m0/s1. The van der Waals surface area contributed by atoms with Gasteiger partial charge >= 0.3 is 12.1 Å². The number of sulfonamides is 1. The molecule has 0 spiro atoms. The summed E-state index contributed by atoms with van der Waals surface area (Å²) < 4.78 is 65.2. The number of aromatic nitrogens is 2. The lowest BCUT2D eigenvalue weighted by atomic mass is 10.0.